The summed E-state index contributed by atoms with van der Waals surface area (Å²) in [5, 5.41) is 5.47. The largest absolute Gasteiger partial charge is 0.379 e. The van der Waals surface area contributed by atoms with Crippen LogP contribution < -0.4 is 10.6 Å². The molecule has 1 saturated heterocycles. The molecule has 2 atom stereocenters. The number of anilines is 1. The topological polar surface area (TPSA) is 87.7 Å². The third-order valence-corrected chi connectivity index (χ3v) is 7.49. The highest BCUT2D eigenvalue weighted by Gasteiger charge is 2.43. The minimum absolute atomic E-state index is 0.191. The molecule has 2 aliphatic heterocycles. The van der Waals surface area contributed by atoms with E-state index in [2.05, 4.69) is 10.6 Å². The molecule has 0 spiro atoms. The van der Waals surface area contributed by atoms with E-state index in [0.717, 1.165) is 0 Å². The van der Waals surface area contributed by atoms with Gasteiger partial charge < -0.3 is 15.4 Å². The van der Waals surface area contributed by atoms with Crippen molar-refractivity contribution in [2.24, 2.45) is 0 Å². The Morgan fingerprint density at radius 2 is 1.90 bits per heavy atom. The predicted octanol–water partition coefficient (Wildman–Crippen LogP) is 2.06. The van der Waals surface area contributed by atoms with Gasteiger partial charge in [0, 0.05) is 23.8 Å². The highest BCUT2D eigenvalue weighted by Crippen LogP contribution is 2.42. The first-order valence-electron chi connectivity index (χ1n) is 9.39. The van der Waals surface area contributed by atoms with Gasteiger partial charge in [0.2, 0.25) is 5.91 Å². The second-order valence-electron chi connectivity index (χ2n) is 7.09. The first-order valence-corrected chi connectivity index (χ1v) is 11.3. The Morgan fingerprint density at radius 1 is 1.17 bits per heavy atom. The average Bonchev–Trinajstić information content (AvgIpc) is 3.06. The molecular formula is C20H22ClN3O4S. The van der Waals surface area contributed by atoms with Crippen LogP contribution in [-0.4, -0.2) is 58.2 Å². The van der Waals surface area contributed by atoms with E-state index in [1.165, 1.54) is 0 Å². The van der Waals surface area contributed by atoms with E-state index in [9.17, 15) is 13.2 Å². The number of hydrogen-bond acceptors (Lipinski definition) is 6. The van der Waals surface area contributed by atoms with Crippen molar-refractivity contribution < 1.29 is 17.9 Å². The van der Waals surface area contributed by atoms with Gasteiger partial charge in [-0.25, -0.2) is 8.42 Å². The van der Waals surface area contributed by atoms with Gasteiger partial charge in [0.05, 0.1) is 24.7 Å². The molecule has 2 aliphatic rings. The minimum atomic E-state index is -3.77. The highest BCUT2D eigenvalue weighted by molar-refractivity contribution is 7.91. The molecule has 2 aromatic carbocycles. The summed E-state index contributed by atoms with van der Waals surface area (Å²) in [6.07, 6.45) is -0.790. The van der Waals surface area contributed by atoms with E-state index in [-0.39, 0.29) is 17.3 Å². The number of hydrogen-bond donors (Lipinski definition) is 2. The molecule has 2 N–H and O–H groups in total. The number of nitrogens with one attached hydrogen (secondary N) is 2. The SMILES string of the molecule is O=C(CN1CCOCC1)NC1Nc2ccc(Cl)cc2C1S(=O)(=O)c1ccccc1. The van der Waals surface area contributed by atoms with E-state index < -0.39 is 21.3 Å². The zero-order chi connectivity index (χ0) is 20.4. The summed E-state index contributed by atoms with van der Waals surface area (Å²) < 4.78 is 32.2. The van der Waals surface area contributed by atoms with Crippen molar-refractivity contribution in [1.82, 2.24) is 10.2 Å². The van der Waals surface area contributed by atoms with Gasteiger partial charge >= 0.3 is 0 Å². The molecule has 154 valence electrons. The molecule has 1 amide bonds. The molecule has 2 heterocycles. The van der Waals surface area contributed by atoms with E-state index in [0.29, 0.717) is 42.6 Å². The van der Waals surface area contributed by atoms with E-state index in [1.807, 2.05) is 4.90 Å². The quantitative estimate of drug-likeness (QED) is 0.747. The average molecular weight is 436 g/mol. The van der Waals surface area contributed by atoms with Crippen LogP contribution in [0, 0.1) is 0 Å². The summed E-state index contributed by atoms with van der Waals surface area (Å²) in [6.45, 7) is 2.71. The Balaban J connectivity index is 1.61. The maximum atomic E-state index is 13.4. The summed E-state index contributed by atoms with van der Waals surface area (Å²) in [5.41, 5.74) is 1.20. The number of ether oxygens (including phenoxy) is 1. The lowest BCUT2D eigenvalue weighted by atomic mass is 10.1. The lowest BCUT2D eigenvalue weighted by molar-refractivity contribution is -0.123. The first kappa shape index (κ1) is 20.2. The van der Waals surface area contributed by atoms with Crippen LogP contribution in [0.4, 0.5) is 5.69 Å². The van der Waals surface area contributed by atoms with Gasteiger partial charge in [0.25, 0.3) is 0 Å². The van der Waals surface area contributed by atoms with Gasteiger partial charge in [-0.1, -0.05) is 29.8 Å². The Bertz CT molecular complexity index is 994. The molecule has 2 unspecified atom stereocenters. The zero-order valence-corrected chi connectivity index (χ0v) is 17.2. The van der Waals surface area contributed by atoms with Crippen LogP contribution in [0.15, 0.2) is 53.4 Å². The lowest BCUT2D eigenvalue weighted by Crippen LogP contribution is -2.49. The van der Waals surface area contributed by atoms with Gasteiger partial charge in [-0.2, -0.15) is 0 Å². The molecule has 0 saturated carbocycles. The first-order chi connectivity index (χ1) is 13.9. The van der Waals surface area contributed by atoms with Crippen LogP contribution in [0.1, 0.15) is 10.8 Å². The monoisotopic (exact) mass is 435 g/mol. The van der Waals surface area contributed by atoms with Crippen LogP contribution in [0.5, 0.6) is 0 Å². The van der Waals surface area contributed by atoms with Crippen LogP contribution in [-0.2, 0) is 19.4 Å². The highest BCUT2D eigenvalue weighted by atomic mass is 35.5. The molecule has 2 aromatic rings. The van der Waals surface area contributed by atoms with Crippen molar-refractivity contribution in [2.45, 2.75) is 16.3 Å². The number of benzene rings is 2. The number of nitrogens with zero attached hydrogens (tertiary/aromatic N) is 1. The van der Waals surface area contributed by atoms with Crippen molar-refractivity contribution >= 4 is 33.0 Å². The van der Waals surface area contributed by atoms with Crippen molar-refractivity contribution in [3.8, 4) is 0 Å². The summed E-state index contributed by atoms with van der Waals surface area (Å²) in [6, 6.07) is 13.3. The number of carbonyl (C=O) groups excluding carboxylic acids is 1. The van der Waals surface area contributed by atoms with Gasteiger partial charge in [0.1, 0.15) is 11.4 Å². The molecule has 7 nitrogen and oxygen atoms in total. The number of sulfone groups is 1. The van der Waals surface area contributed by atoms with E-state index in [1.54, 1.807) is 48.5 Å². The van der Waals surface area contributed by atoms with E-state index >= 15 is 0 Å². The number of rotatable bonds is 5. The Kier molecular flexibility index (Phi) is 5.78. The molecule has 4 rings (SSSR count). The molecule has 29 heavy (non-hydrogen) atoms. The number of morpholine rings is 1. The maximum Gasteiger partial charge on any atom is 0.235 e. The summed E-state index contributed by atoms with van der Waals surface area (Å²) in [5.74, 6) is -0.239. The molecule has 1 fully saturated rings. The standard InChI is InChI=1S/C20H22ClN3O4S/c21-14-6-7-17-16(12-14)19(29(26,27)15-4-2-1-3-5-15)20(22-17)23-18(25)13-24-8-10-28-11-9-24/h1-7,12,19-20,22H,8-11,13H2,(H,23,25). The van der Waals surface area contributed by atoms with E-state index in [4.69, 9.17) is 16.3 Å². The Morgan fingerprint density at radius 3 is 2.62 bits per heavy atom. The van der Waals surface area contributed by atoms with Crippen molar-refractivity contribution in [3.05, 3.63) is 59.1 Å². The van der Waals surface area contributed by atoms with Crippen LogP contribution in [0.3, 0.4) is 0 Å². The number of halogens is 1. The summed E-state index contributed by atoms with van der Waals surface area (Å²) in [4.78, 5) is 14.8. The number of carbonyl (C=O) groups is 1. The minimum Gasteiger partial charge on any atom is -0.379 e. The second-order valence-corrected chi connectivity index (χ2v) is 9.59. The fraction of sp³-hybridized carbons (Fsp3) is 0.350. The summed E-state index contributed by atoms with van der Waals surface area (Å²) >= 11 is 6.14. The fourth-order valence-electron chi connectivity index (χ4n) is 3.72. The zero-order valence-electron chi connectivity index (χ0n) is 15.7. The van der Waals surface area contributed by atoms with Gasteiger partial charge in [-0.3, -0.25) is 9.69 Å². The molecule has 0 aromatic heterocycles. The third kappa shape index (κ3) is 4.25. The smallest absolute Gasteiger partial charge is 0.235 e. The number of amides is 1. The normalized spacial score (nSPS) is 22.0. The number of fused-ring (bicyclic) bond motifs is 1. The fourth-order valence-corrected chi connectivity index (χ4v) is 5.75. The van der Waals surface area contributed by atoms with Crippen molar-refractivity contribution in [3.63, 3.8) is 0 Å². The molecule has 0 aliphatic carbocycles. The van der Waals surface area contributed by atoms with Gasteiger partial charge in [-0.15, -0.1) is 0 Å². The molecule has 0 bridgehead atoms. The molecule has 0 radical (unpaired) electrons. The van der Waals surface area contributed by atoms with Crippen LogP contribution >= 0.6 is 11.6 Å². The Hall–Kier alpha value is -2.13. The van der Waals surface area contributed by atoms with Crippen molar-refractivity contribution in [2.75, 3.05) is 38.2 Å². The van der Waals surface area contributed by atoms with Crippen LogP contribution in [0.25, 0.3) is 0 Å². The second kappa shape index (κ2) is 8.31. The third-order valence-electron chi connectivity index (χ3n) is 5.13. The lowest BCUT2D eigenvalue weighted by Gasteiger charge is -2.27. The van der Waals surface area contributed by atoms with Crippen LogP contribution in [0.2, 0.25) is 5.02 Å². The molecule has 9 heteroatoms. The van der Waals surface area contributed by atoms with Crippen molar-refractivity contribution in [1.29, 1.82) is 0 Å². The predicted molar refractivity (Wildman–Crippen MR) is 111 cm³/mol. The maximum absolute atomic E-state index is 13.4. The van der Waals surface area contributed by atoms with Gasteiger partial charge in [0.15, 0.2) is 9.84 Å². The van der Waals surface area contributed by atoms with Gasteiger partial charge in [-0.05, 0) is 35.9 Å². The summed E-state index contributed by atoms with van der Waals surface area (Å²) in [7, 11) is -3.77. The molecular weight excluding hydrogens is 414 g/mol. The Labute approximate surface area is 174 Å².